The van der Waals surface area contributed by atoms with Crippen LogP contribution in [0.15, 0.2) is 24.3 Å². The summed E-state index contributed by atoms with van der Waals surface area (Å²) in [6.45, 7) is 5.52. The Morgan fingerprint density at radius 3 is 2.44 bits per heavy atom. The monoisotopic (exact) mass is 267 g/mol. The van der Waals surface area contributed by atoms with Crippen molar-refractivity contribution >= 4 is 11.6 Å². The van der Waals surface area contributed by atoms with E-state index >= 15 is 0 Å². The molecule has 2 heteroatoms. The molecule has 1 nitrogen and oxygen atoms in total. The lowest BCUT2D eigenvalue weighted by molar-refractivity contribution is 0.527. The van der Waals surface area contributed by atoms with E-state index in [4.69, 9.17) is 11.6 Å². The molecule has 0 radical (unpaired) electrons. The normalized spacial score (nSPS) is 12.6. The summed E-state index contributed by atoms with van der Waals surface area (Å²) in [5.41, 5.74) is 1.20. The van der Waals surface area contributed by atoms with Gasteiger partial charge in [0.2, 0.25) is 0 Å². The minimum Gasteiger partial charge on any atom is -0.310 e. The number of hydrogen-bond donors (Lipinski definition) is 1. The zero-order valence-electron chi connectivity index (χ0n) is 11.7. The Balaban J connectivity index is 2.14. The molecule has 0 aliphatic carbocycles. The summed E-state index contributed by atoms with van der Waals surface area (Å²) in [6, 6.07) is 8.42. The predicted octanol–water partition coefficient (Wildman–Crippen LogP) is 5.35. The first-order chi connectivity index (χ1) is 8.75. The second-order valence-corrected chi connectivity index (χ2v) is 5.37. The molecule has 1 aromatic carbocycles. The number of unbranched alkanes of at least 4 members (excludes halogenated alkanes) is 5. The molecule has 0 heterocycles. The van der Waals surface area contributed by atoms with Crippen LogP contribution in [0.1, 0.15) is 64.0 Å². The molecule has 0 saturated heterocycles. The quantitative estimate of drug-likeness (QED) is 0.595. The first kappa shape index (κ1) is 15.5. The Morgan fingerprint density at radius 2 is 1.72 bits per heavy atom. The van der Waals surface area contributed by atoms with Crippen LogP contribution in [0.5, 0.6) is 0 Å². The van der Waals surface area contributed by atoms with E-state index in [1.807, 2.05) is 18.2 Å². The van der Waals surface area contributed by atoms with Crippen LogP contribution >= 0.6 is 11.6 Å². The highest BCUT2D eigenvalue weighted by atomic mass is 35.5. The van der Waals surface area contributed by atoms with Crippen LogP contribution in [-0.2, 0) is 0 Å². The van der Waals surface area contributed by atoms with Gasteiger partial charge >= 0.3 is 0 Å². The zero-order chi connectivity index (χ0) is 13.2. The zero-order valence-corrected chi connectivity index (χ0v) is 12.5. The molecule has 1 atom stereocenters. The van der Waals surface area contributed by atoms with E-state index in [0.29, 0.717) is 6.04 Å². The highest BCUT2D eigenvalue weighted by Crippen LogP contribution is 2.21. The molecule has 1 unspecified atom stereocenters. The van der Waals surface area contributed by atoms with Crippen molar-refractivity contribution < 1.29 is 0 Å². The van der Waals surface area contributed by atoms with Crippen LogP contribution in [0.25, 0.3) is 0 Å². The van der Waals surface area contributed by atoms with Crippen molar-refractivity contribution in [3.05, 3.63) is 34.9 Å². The highest BCUT2D eigenvalue weighted by Gasteiger charge is 2.07. The molecule has 0 spiro atoms. The molecule has 1 rings (SSSR count). The Bertz CT molecular complexity index is 325. The van der Waals surface area contributed by atoms with Crippen LogP contribution in [0.3, 0.4) is 0 Å². The number of nitrogens with one attached hydrogen (secondary N) is 1. The van der Waals surface area contributed by atoms with Crippen molar-refractivity contribution in [3.63, 3.8) is 0 Å². The van der Waals surface area contributed by atoms with E-state index in [-0.39, 0.29) is 0 Å². The third kappa shape index (κ3) is 5.88. The van der Waals surface area contributed by atoms with Crippen LogP contribution in [0.4, 0.5) is 0 Å². The summed E-state index contributed by atoms with van der Waals surface area (Å²) in [5.74, 6) is 0. The molecular weight excluding hydrogens is 242 g/mol. The van der Waals surface area contributed by atoms with Crippen LogP contribution < -0.4 is 5.32 Å². The minimum absolute atomic E-state index is 0.342. The lowest BCUT2D eigenvalue weighted by Crippen LogP contribution is -2.20. The topological polar surface area (TPSA) is 12.0 Å². The maximum Gasteiger partial charge on any atom is 0.0453 e. The summed E-state index contributed by atoms with van der Waals surface area (Å²) in [4.78, 5) is 0. The lowest BCUT2D eigenvalue weighted by Gasteiger charge is -2.15. The summed E-state index contributed by atoms with van der Waals surface area (Å²) in [6.07, 6.45) is 8.05. The molecule has 0 amide bonds. The van der Waals surface area contributed by atoms with E-state index in [2.05, 4.69) is 25.2 Å². The summed E-state index contributed by atoms with van der Waals surface area (Å²) in [7, 11) is 0. The van der Waals surface area contributed by atoms with Crippen molar-refractivity contribution in [2.45, 2.75) is 58.4 Å². The third-order valence-electron chi connectivity index (χ3n) is 3.35. The van der Waals surface area contributed by atoms with Gasteiger partial charge in [0.25, 0.3) is 0 Å². The molecule has 0 bridgehead atoms. The first-order valence-electron chi connectivity index (χ1n) is 7.23. The fraction of sp³-hybridized carbons (Fsp3) is 0.625. The van der Waals surface area contributed by atoms with E-state index < -0.39 is 0 Å². The van der Waals surface area contributed by atoms with Crippen molar-refractivity contribution in [2.24, 2.45) is 0 Å². The number of halogens is 1. The van der Waals surface area contributed by atoms with E-state index in [0.717, 1.165) is 11.6 Å². The molecule has 0 aliphatic rings. The molecule has 1 N–H and O–H groups in total. The van der Waals surface area contributed by atoms with Crippen molar-refractivity contribution in [1.29, 1.82) is 0 Å². The molecule has 0 fully saturated rings. The van der Waals surface area contributed by atoms with Crippen molar-refractivity contribution in [2.75, 3.05) is 6.54 Å². The lowest BCUT2D eigenvalue weighted by atomic mass is 10.1. The summed E-state index contributed by atoms with van der Waals surface area (Å²) < 4.78 is 0. The summed E-state index contributed by atoms with van der Waals surface area (Å²) in [5, 5.41) is 4.41. The van der Waals surface area contributed by atoms with Crippen LogP contribution in [0, 0.1) is 0 Å². The van der Waals surface area contributed by atoms with Gasteiger partial charge in [0.05, 0.1) is 0 Å². The Kier molecular flexibility index (Phi) is 8.11. The molecule has 0 aliphatic heterocycles. The smallest absolute Gasteiger partial charge is 0.0453 e. The standard InChI is InChI=1S/C16H26ClN/c1-3-4-5-6-7-10-13-18-14(2)15-11-8-9-12-16(15)17/h8-9,11-12,14,18H,3-7,10,13H2,1-2H3. The maximum absolute atomic E-state index is 6.18. The fourth-order valence-corrected chi connectivity index (χ4v) is 2.46. The van der Waals surface area contributed by atoms with Crippen LogP contribution in [-0.4, -0.2) is 6.54 Å². The van der Waals surface area contributed by atoms with Gasteiger partial charge in [-0.15, -0.1) is 0 Å². The SMILES string of the molecule is CCCCCCCCNC(C)c1ccccc1Cl. The van der Waals surface area contributed by atoms with Gasteiger partial charge in [-0.3, -0.25) is 0 Å². The molecule has 102 valence electrons. The fourth-order valence-electron chi connectivity index (χ4n) is 2.16. The van der Waals surface area contributed by atoms with Gasteiger partial charge in [-0.05, 0) is 31.5 Å². The molecule has 0 saturated carbocycles. The van der Waals surface area contributed by atoms with Gasteiger partial charge in [0, 0.05) is 11.1 Å². The molecule has 18 heavy (non-hydrogen) atoms. The second kappa shape index (κ2) is 9.41. The molecular formula is C16H26ClN. The minimum atomic E-state index is 0.342. The van der Waals surface area contributed by atoms with Gasteiger partial charge in [-0.25, -0.2) is 0 Å². The van der Waals surface area contributed by atoms with E-state index in [1.165, 1.54) is 44.1 Å². The van der Waals surface area contributed by atoms with Gasteiger partial charge in [-0.2, -0.15) is 0 Å². The van der Waals surface area contributed by atoms with Gasteiger partial charge < -0.3 is 5.32 Å². The van der Waals surface area contributed by atoms with E-state index in [9.17, 15) is 0 Å². The predicted molar refractivity (Wildman–Crippen MR) is 81.2 cm³/mol. The second-order valence-electron chi connectivity index (χ2n) is 4.97. The van der Waals surface area contributed by atoms with Crippen molar-refractivity contribution in [3.8, 4) is 0 Å². The van der Waals surface area contributed by atoms with Gasteiger partial charge in [0.15, 0.2) is 0 Å². The van der Waals surface area contributed by atoms with E-state index in [1.54, 1.807) is 0 Å². The third-order valence-corrected chi connectivity index (χ3v) is 3.70. The average molecular weight is 268 g/mol. The summed E-state index contributed by atoms with van der Waals surface area (Å²) >= 11 is 6.18. The Labute approximate surface area is 117 Å². The molecule has 0 aromatic heterocycles. The number of rotatable bonds is 9. The average Bonchev–Trinajstić information content (AvgIpc) is 2.38. The van der Waals surface area contributed by atoms with Gasteiger partial charge in [0.1, 0.15) is 0 Å². The largest absolute Gasteiger partial charge is 0.310 e. The number of benzene rings is 1. The first-order valence-corrected chi connectivity index (χ1v) is 7.61. The van der Waals surface area contributed by atoms with Gasteiger partial charge in [-0.1, -0.05) is 68.8 Å². The maximum atomic E-state index is 6.18. The Hall–Kier alpha value is -0.530. The van der Waals surface area contributed by atoms with Crippen molar-refractivity contribution in [1.82, 2.24) is 5.32 Å². The molecule has 1 aromatic rings. The highest BCUT2D eigenvalue weighted by molar-refractivity contribution is 6.31. The van der Waals surface area contributed by atoms with Crippen LogP contribution in [0.2, 0.25) is 5.02 Å². The Morgan fingerprint density at radius 1 is 1.06 bits per heavy atom. The number of hydrogen-bond acceptors (Lipinski definition) is 1.